The first kappa shape index (κ1) is 10.1. The first-order valence-corrected chi connectivity index (χ1v) is 4.60. The molecular weight excluding hydrogens is 183 g/mol. The monoisotopic (exact) mass is 196 g/mol. The topological polar surface area (TPSA) is 41.5 Å². The van der Waals surface area contributed by atoms with E-state index in [-0.39, 0.29) is 5.91 Å². The summed E-state index contributed by atoms with van der Waals surface area (Å²) in [6.07, 6.45) is 2.13. The molecule has 1 aliphatic rings. The number of carbonyl (C=O) groups excluding carboxylic acids is 1. The first-order valence-electron chi connectivity index (χ1n) is 4.02. The number of aliphatic imine (C=N–C) groups is 1. The average molecular weight is 196 g/mol. The summed E-state index contributed by atoms with van der Waals surface area (Å²) in [6.45, 7) is 4.24. The van der Waals surface area contributed by atoms with Crippen LogP contribution in [0.15, 0.2) is 28.8 Å². The quantitative estimate of drug-likeness (QED) is 0.517. The van der Waals surface area contributed by atoms with Crippen molar-refractivity contribution in [1.29, 1.82) is 0 Å². The van der Waals surface area contributed by atoms with E-state index in [1.807, 2.05) is 0 Å². The molecule has 0 radical (unpaired) electrons. The number of amides is 1. The maximum Gasteiger partial charge on any atom is 0.224 e. The number of nitrogens with zero attached hydrogens (tertiary/aromatic N) is 1. The third-order valence-corrected chi connectivity index (χ3v) is 2.60. The van der Waals surface area contributed by atoms with Crippen LogP contribution >= 0.6 is 9.24 Å². The number of hydrogen-bond acceptors (Lipinski definition) is 2. The Balaban J connectivity index is 3.02. The molecule has 13 heavy (non-hydrogen) atoms. The molecule has 1 rings (SSSR count). The molecule has 1 aliphatic heterocycles. The Morgan fingerprint density at radius 1 is 1.77 bits per heavy atom. The van der Waals surface area contributed by atoms with Gasteiger partial charge in [-0.3, -0.25) is 9.79 Å². The van der Waals surface area contributed by atoms with Gasteiger partial charge >= 0.3 is 0 Å². The molecule has 0 aromatic carbocycles. The largest absolute Gasteiger partial charge is 0.352 e. The number of rotatable bonds is 2. The lowest BCUT2D eigenvalue weighted by Gasteiger charge is -2.18. The van der Waals surface area contributed by atoms with Crippen LogP contribution < -0.4 is 5.32 Å². The average Bonchev–Trinajstić information content (AvgIpc) is 2.16. The smallest absolute Gasteiger partial charge is 0.224 e. The molecule has 1 unspecified atom stereocenters. The van der Waals surface area contributed by atoms with Crippen LogP contribution in [0.1, 0.15) is 6.42 Å². The number of carbonyl (C=O) groups is 1. The zero-order valence-electron chi connectivity index (χ0n) is 7.63. The fraction of sp³-hybridized carbons (Fsp3) is 0.333. The van der Waals surface area contributed by atoms with Crippen molar-refractivity contribution < 1.29 is 4.79 Å². The minimum atomic E-state index is 0.0487. The van der Waals surface area contributed by atoms with Crippen LogP contribution in [0.4, 0.5) is 0 Å². The molecule has 4 heteroatoms. The SMILES string of the molecule is C=CC1=C(C(P)=NC)CNC(=O)C1. The minimum absolute atomic E-state index is 0.0487. The maximum atomic E-state index is 11.0. The highest BCUT2D eigenvalue weighted by molar-refractivity contribution is 7.42. The van der Waals surface area contributed by atoms with E-state index in [9.17, 15) is 4.79 Å². The van der Waals surface area contributed by atoms with Gasteiger partial charge in [-0.05, 0) is 11.1 Å². The molecule has 0 spiro atoms. The second kappa shape index (κ2) is 4.33. The van der Waals surface area contributed by atoms with Crippen molar-refractivity contribution >= 4 is 20.6 Å². The highest BCUT2D eigenvalue weighted by atomic mass is 31.0. The summed E-state index contributed by atoms with van der Waals surface area (Å²) in [6, 6.07) is 0. The zero-order chi connectivity index (χ0) is 9.84. The van der Waals surface area contributed by atoms with Gasteiger partial charge in [0.15, 0.2) is 0 Å². The van der Waals surface area contributed by atoms with Gasteiger partial charge in [0.2, 0.25) is 5.91 Å². The fourth-order valence-electron chi connectivity index (χ4n) is 1.23. The van der Waals surface area contributed by atoms with Crippen molar-refractivity contribution in [3.8, 4) is 0 Å². The van der Waals surface area contributed by atoms with E-state index in [0.717, 1.165) is 16.6 Å². The molecule has 1 amide bonds. The number of hydrogen-bond donors (Lipinski definition) is 1. The van der Waals surface area contributed by atoms with E-state index in [1.54, 1.807) is 13.1 Å². The Bertz CT molecular complexity index is 305. The molecule has 0 saturated carbocycles. The van der Waals surface area contributed by atoms with E-state index in [4.69, 9.17) is 0 Å². The van der Waals surface area contributed by atoms with Gasteiger partial charge in [0.1, 0.15) is 0 Å². The molecule has 0 aromatic rings. The molecule has 70 valence electrons. The van der Waals surface area contributed by atoms with Crippen molar-refractivity contribution in [2.24, 2.45) is 4.99 Å². The summed E-state index contributed by atoms with van der Waals surface area (Å²) in [4.78, 5) is 15.1. The molecule has 3 nitrogen and oxygen atoms in total. The predicted molar refractivity (Wildman–Crippen MR) is 57.9 cm³/mol. The zero-order valence-corrected chi connectivity index (χ0v) is 8.79. The van der Waals surface area contributed by atoms with Gasteiger partial charge < -0.3 is 5.32 Å². The lowest BCUT2D eigenvalue weighted by Crippen LogP contribution is -2.32. The van der Waals surface area contributed by atoms with Crippen molar-refractivity contribution in [1.82, 2.24) is 5.32 Å². The van der Waals surface area contributed by atoms with E-state index in [0.29, 0.717) is 13.0 Å². The molecule has 0 fully saturated rings. The number of allylic oxidation sites excluding steroid dienone is 1. The molecule has 1 heterocycles. The molecule has 1 N–H and O–H groups in total. The van der Waals surface area contributed by atoms with Gasteiger partial charge in [-0.2, -0.15) is 0 Å². The van der Waals surface area contributed by atoms with Gasteiger partial charge in [0.25, 0.3) is 0 Å². The number of nitrogens with one attached hydrogen (secondary N) is 1. The highest BCUT2D eigenvalue weighted by Crippen LogP contribution is 2.18. The Labute approximate surface area is 80.2 Å². The Hall–Kier alpha value is -0.950. The van der Waals surface area contributed by atoms with Gasteiger partial charge in [-0.25, -0.2) is 0 Å². The van der Waals surface area contributed by atoms with Crippen LogP contribution in [-0.4, -0.2) is 25.0 Å². The standard InChI is InChI=1S/C9H13N2OP/c1-3-6-4-8(12)11-5-7(6)9(13)10-2/h3H,1,4-5,13H2,2H3,(H,11,12). The summed E-state index contributed by atoms with van der Waals surface area (Å²) in [5.41, 5.74) is 2.91. The van der Waals surface area contributed by atoms with E-state index in [2.05, 4.69) is 26.1 Å². The van der Waals surface area contributed by atoms with Crippen LogP contribution in [0.5, 0.6) is 0 Å². The van der Waals surface area contributed by atoms with Crippen molar-refractivity contribution in [2.45, 2.75) is 6.42 Å². The van der Waals surface area contributed by atoms with Crippen LogP contribution in [0.25, 0.3) is 0 Å². The van der Waals surface area contributed by atoms with Crippen molar-refractivity contribution in [2.75, 3.05) is 13.6 Å². The lowest BCUT2D eigenvalue weighted by atomic mass is 10.0. The molecule has 0 aliphatic carbocycles. The van der Waals surface area contributed by atoms with Gasteiger partial charge in [-0.1, -0.05) is 21.9 Å². The van der Waals surface area contributed by atoms with Crippen LogP contribution in [0.2, 0.25) is 0 Å². The lowest BCUT2D eigenvalue weighted by molar-refractivity contribution is -0.120. The van der Waals surface area contributed by atoms with E-state index < -0.39 is 0 Å². The summed E-state index contributed by atoms with van der Waals surface area (Å²) in [5.74, 6) is 0.0487. The second-order valence-corrected chi connectivity index (χ2v) is 3.32. The first-order chi connectivity index (χ1) is 6.19. The molecule has 0 bridgehead atoms. The van der Waals surface area contributed by atoms with Crippen LogP contribution in [0.3, 0.4) is 0 Å². The van der Waals surface area contributed by atoms with Gasteiger partial charge in [0.05, 0.1) is 11.9 Å². The summed E-state index contributed by atoms with van der Waals surface area (Å²) in [5, 5.41) is 2.77. The highest BCUT2D eigenvalue weighted by Gasteiger charge is 2.16. The molecule has 1 atom stereocenters. The van der Waals surface area contributed by atoms with Gasteiger partial charge in [-0.15, -0.1) is 0 Å². The van der Waals surface area contributed by atoms with E-state index in [1.165, 1.54) is 0 Å². The Morgan fingerprint density at radius 3 is 3.00 bits per heavy atom. The molecular formula is C9H13N2OP. The Kier molecular flexibility index (Phi) is 3.38. The van der Waals surface area contributed by atoms with Gasteiger partial charge in [0, 0.05) is 13.6 Å². The third-order valence-electron chi connectivity index (χ3n) is 2.00. The minimum Gasteiger partial charge on any atom is -0.352 e. The Morgan fingerprint density at radius 2 is 2.46 bits per heavy atom. The summed E-state index contributed by atoms with van der Waals surface area (Å²) < 4.78 is 0. The van der Waals surface area contributed by atoms with Crippen LogP contribution in [0, 0.1) is 0 Å². The second-order valence-electron chi connectivity index (χ2n) is 2.77. The fourth-order valence-corrected chi connectivity index (χ4v) is 1.52. The van der Waals surface area contributed by atoms with Crippen LogP contribution in [-0.2, 0) is 4.79 Å². The molecule has 0 aromatic heterocycles. The van der Waals surface area contributed by atoms with Crippen molar-refractivity contribution in [3.05, 3.63) is 23.8 Å². The summed E-state index contributed by atoms with van der Waals surface area (Å²) in [7, 11) is 4.29. The predicted octanol–water partition coefficient (Wildman–Crippen LogP) is 0.892. The normalized spacial score (nSPS) is 18.6. The third kappa shape index (κ3) is 2.25. The molecule has 0 saturated heterocycles. The maximum absolute atomic E-state index is 11.0. The van der Waals surface area contributed by atoms with E-state index >= 15 is 0 Å². The summed E-state index contributed by atoms with van der Waals surface area (Å²) >= 11 is 0. The van der Waals surface area contributed by atoms with Crippen molar-refractivity contribution in [3.63, 3.8) is 0 Å².